The van der Waals surface area contributed by atoms with Gasteiger partial charge in [0.1, 0.15) is 18.1 Å². The first kappa shape index (κ1) is 34.3. The van der Waals surface area contributed by atoms with E-state index in [2.05, 4.69) is 25.9 Å². The van der Waals surface area contributed by atoms with Crippen LogP contribution < -0.4 is 16.0 Å². The number of nitrogens with zero attached hydrogens (tertiary/aromatic N) is 3. The molecule has 4 aromatic rings. The Bertz CT molecular complexity index is 1850. The molecule has 2 aromatic carbocycles. The number of fused-ring (bicyclic) bond motifs is 2. The zero-order valence-electron chi connectivity index (χ0n) is 27.7. The van der Waals surface area contributed by atoms with Crippen molar-refractivity contribution >= 4 is 40.4 Å². The molecular formula is C37H41N7O6. The zero-order valence-corrected chi connectivity index (χ0v) is 27.7. The smallest absolute Gasteiger partial charge is 0.246 e. The number of para-hydroxylation sites is 1. The Morgan fingerprint density at radius 1 is 0.900 bits per heavy atom. The number of rotatable bonds is 6. The molecule has 5 N–H and O–H groups in total. The van der Waals surface area contributed by atoms with Gasteiger partial charge in [0.2, 0.25) is 29.5 Å². The summed E-state index contributed by atoms with van der Waals surface area (Å²) in [5.41, 5.74) is 3.24. The summed E-state index contributed by atoms with van der Waals surface area (Å²) in [5.74, 6) is -2.55. The van der Waals surface area contributed by atoms with Crippen molar-refractivity contribution < 1.29 is 29.1 Å². The third-order valence-corrected chi connectivity index (χ3v) is 9.33. The summed E-state index contributed by atoms with van der Waals surface area (Å²) in [5, 5.41) is 20.0. The highest BCUT2D eigenvalue weighted by molar-refractivity contribution is 5.96. The number of aromatic nitrogens is 2. The van der Waals surface area contributed by atoms with Crippen LogP contribution in [0.4, 0.5) is 0 Å². The van der Waals surface area contributed by atoms with Gasteiger partial charge in [-0.15, -0.1) is 0 Å². The fourth-order valence-corrected chi connectivity index (χ4v) is 6.67. The summed E-state index contributed by atoms with van der Waals surface area (Å²) in [7, 11) is 0. The average molecular weight is 680 g/mol. The number of carbonyl (C=O) groups is 5. The number of pyridine rings is 1. The van der Waals surface area contributed by atoms with Crippen LogP contribution in [0.15, 0.2) is 85.3 Å². The summed E-state index contributed by atoms with van der Waals surface area (Å²) >= 11 is 0. The van der Waals surface area contributed by atoms with E-state index in [0.717, 1.165) is 22.0 Å². The molecule has 13 heteroatoms. The van der Waals surface area contributed by atoms with Crippen LogP contribution in [0.5, 0.6) is 0 Å². The molecule has 0 bridgehead atoms. The van der Waals surface area contributed by atoms with Crippen molar-refractivity contribution in [2.45, 2.75) is 62.9 Å². The molecule has 0 aliphatic carbocycles. The number of aromatic amines is 1. The summed E-state index contributed by atoms with van der Waals surface area (Å²) in [4.78, 5) is 79.1. The van der Waals surface area contributed by atoms with Crippen molar-refractivity contribution in [1.29, 1.82) is 0 Å². The van der Waals surface area contributed by atoms with E-state index in [9.17, 15) is 29.1 Å². The lowest BCUT2D eigenvalue weighted by atomic mass is 10.0. The second-order valence-electron chi connectivity index (χ2n) is 12.9. The van der Waals surface area contributed by atoms with Crippen LogP contribution in [0.3, 0.4) is 0 Å². The van der Waals surface area contributed by atoms with Gasteiger partial charge in [-0.1, -0.05) is 48.5 Å². The molecule has 0 radical (unpaired) electrons. The third kappa shape index (κ3) is 8.00. The predicted octanol–water partition coefficient (Wildman–Crippen LogP) is 1.39. The largest absolute Gasteiger partial charge is 0.391 e. The minimum absolute atomic E-state index is 0.0218. The van der Waals surface area contributed by atoms with E-state index in [0.29, 0.717) is 12.0 Å². The van der Waals surface area contributed by atoms with Gasteiger partial charge in [0.25, 0.3) is 0 Å². The standard InChI is InChI=1S/C37H41N7O6/c1-23-35(48)42-31(25-7-3-2-4-8-25)21-43(34(47)12-11-24-13-15-38-16-14-24)22-33(46)41-30(17-26-19-39-29-10-6-5-9-28(26)29)37(50)44-20-27(45)18-32(44)36(49)40-23/h2-10,13-16,19,23,27,30-32,39,45H,11-12,17-18,20-22H2,1H3,(H,40,49)(H,41,46)(H,42,48)/t23-,27+,30+,31-,32-/m0/s1. The number of aliphatic hydroxyl groups excluding tert-OH is 1. The first-order valence-corrected chi connectivity index (χ1v) is 16.8. The van der Waals surface area contributed by atoms with E-state index in [1.165, 1.54) is 16.7 Å². The Labute approximate surface area is 289 Å². The van der Waals surface area contributed by atoms with E-state index in [4.69, 9.17) is 0 Å². The van der Waals surface area contributed by atoms with Crippen LogP contribution >= 0.6 is 0 Å². The molecule has 5 atom stereocenters. The van der Waals surface area contributed by atoms with Gasteiger partial charge in [-0.05, 0) is 48.2 Å². The van der Waals surface area contributed by atoms with Crippen molar-refractivity contribution in [1.82, 2.24) is 35.7 Å². The van der Waals surface area contributed by atoms with Gasteiger partial charge < -0.3 is 35.8 Å². The quantitative estimate of drug-likeness (QED) is 0.205. The molecule has 0 spiro atoms. The third-order valence-electron chi connectivity index (χ3n) is 9.33. The first-order chi connectivity index (χ1) is 24.2. The lowest BCUT2D eigenvalue weighted by Gasteiger charge is -2.30. The van der Waals surface area contributed by atoms with Crippen molar-refractivity contribution in [3.8, 4) is 0 Å². The number of amides is 5. The van der Waals surface area contributed by atoms with Gasteiger partial charge in [-0.2, -0.15) is 0 Å². The molecule has 5 amide bonds. The Kier molecular flexibility index (Phi) is 10.5. The molecule has 2 aliphatic rings. The number of nitrogens with one attached hydrogen (secondary N) is 4. The van der Waals surface area contributed by atoms with Gasteiger partial charge in [0.15, 0.2) is 0 Å². The van der Waals surface area contributed by atoms with Crippen molar-refractivity contribution in [3.63, 3.8) is 0 Å². The van der Waals surface area contributed by atoms with Crippen molar-refractivity contribution in [2.24, 2.45) is 0 Å². The summed E-state index contributed by atoms with van der Waals surface area (Å²) in [6.07, 6.45) is 4.66. The molecule has 2 aromatic heterocycles. The number of benzene rings is 2. The number of aryl methyl sites for hydroxylation is 1. The molecule has 50 heavy (non-hydrogen) atoms. The van der Waals surface area contributed by atoms with E-state index >= 15 is 0 Å². The Hall–Kier alpha value is -5.56. The van der Waals surface area contributed by atoms with Crippen LogP contribution in [0, 0.1) is 0 Å². The van der Waals surface area contributed by atoms with Crippen molar-refractivity contribution in [3.05, 3.63) is 102 Å². The second kappa shape index (κ2) is 15.3. The SMILES string of the molecule is C[C@@H]1NC(=O)[C@@H]2C[C@@H](O)CN2C(=O)[C@@H](Cc2c[nH]c3ccccc23)NC(=O)CN(C(=O)CCc2ccncc2)C[C@@H](c2ccccc2)NC1=O. The number of H-pyrrole nitrogens is 1. The minimum Gasteiger partial charge on any atom is -0.391 e. The summed E-state index contributed by atoms with van der Waals surface area (Å²) < 4.78 is 0. The highest BCUT2D eigenvalue weighted by Gasteiger charge is 2.42. The monoisotopic (exact) mass is 679 g/mol. The van der Waals surface area contributed by atoms with Crippen LogP contribution in [0.2, 0.25) is 0 Å². The van der Waals surface area contributed by atoms with Crippen LogP contribution in [0.1, 0.15) is 42.5 Å². The lowest BCUT2D eigenvalue weighted by Crippen LogP contribution is -2.56. The summed E-state index contributed by atoms with van der Waals surface area (Å²) in [6.45, 7) is 0.993. The molecule has 2 fully saturated rings. The lowest BCUT2D eigenvalue weighted by molar-refractivity contribution is -0.142. The summed E-state index contributed by atoms with van der Waals surface area (Å²) in [6, 6.07) is 16.4. The number of carbonyl (C=O) groups excluding carboxylic acids is 5. The predicted molar refractivity (Wildman–Crippen MR) is 184 cm³/mol. The molecule has 2 aliphatic heterocycles. The number of hydrogen-bond acceptors (Lipinski definition) is 7. The average Bonchev–Trinajstić information content (AvgIpc) is 3.73. The molecule has 0 unspecified atom stereocenters. The minimum atomic E-state index is -1.12. The van der Waals surface area contributed by atoms with E-state index in [1.54, 1.807) is 18.6 Å². The van der Waals surface area contributed by atoms with Crippen LogP contribution in [-0.4, -0.2) is 98.3 Å². The maximum absolute atomic E-state index is 14.3. The van der Waals surface area contributed by atoms with Gasteiger partial charge in [-0.25, -0.2) is 0 Å². The van der Waals surface area contributed by atoms with Gasteiger partial charge in [-0.3, -0.25) is 29.0 Å². The first-order valence-electron chi connectivity index (χ1n) is 16.8. The Balaban J connectivity index is 1.35. The molecule has 4 heterocycles. The fraction of sp³-hybridized carbons (Fsp3) is 0.351. The highest BCUT2D eigenvalue weighted by Crippen LogP contribution is 2.24. The topological polar surface area (TPSA) is 177 Å². The normalized spacial score (nSPS) is 23.8. The number of hydrogen-bond donors (Lipinski definition) is 5. The Morgan fingerprint density at radius 2 is 1.64 bits per heavy atom. The maximum Gasteiger partial charge on any atom is 0.246 e. The van der Waals surface area contributed by atoms with E-state index in [-0.39, 0.29) is 44.8 Å². The Morgan fingerprint density at radius 3 is 2.42 bits per heavy atom. The molecule has 260 valence electrons. The van der Waals surface area contributed by atoms with Gasteiger partial charge >= 0.3 is 0 Å². The van der Waals surface area contributed by atoms with E-state index < -0.39 is 53.9 Å². The second-order valence-corrected chi connectivity index (χ2v) is 12.9. The highest BCUT2D eigenvalue weighted by atomic mass is 16.3. The number of aliphatic hydroxyl groups is 1. The van der Waals surface area contributed by atoms with E-state index in [1.807, 2.05) is 66.7 Å². The fourth-order valence-electron chi connectivity index (χ4n) is 6.67. The molecule has 0 saturated carbocycles. The maximum atomic E-state index is 14.3. The van der Waals surface area contributed by atoms with Crippen LogP contribution in [-0.2, 0) is 36.8 Å². The van der Waals surface area contributed by atoms with Gasteiger partial charge in [0, 0.05) is 61.8 Å². The van der Waals surface area contributed by atoms with Crippen molar-refractivity contribution in [2.75, 3.05) is 19.6 Å². The molecule has 13 nitrogen and oxygen atoms in total. The molecule has 2 saturated heterocycles. The molecule has 6 rings (SSSR count). The zero-order chi connectivity index (χ0) is 35.2. The molecular weight excluding hydrogens is 638 g/mol. The van der Waals surface area contributed by atoms with Crippen LogP contribution in [0.25, 0.3) is 10.9 Å². The van der Waals surface area contributed by atoms with Gasteiger partial charge in [0.05, 0.1) is 18.7 Å².